The van der Waals surface area contributed by atoms with Gasteiger partial charge in [-0.2, -0.15) is 15.4 Å². The van der Waals surface area contributed by atoms with Crippen molar-refractivity contribution in [2.45, 2.75) is 19.0 Å². The lowest BCUT2D eigenvalue weighted by Gasteiger charge is -2.22. The van der Waals surface area contributed by atoms with Crippen LogP contribution in [0.4, 0.5) is 11.5 Å². The van der Waals surface area contributed by atoms with Gasteiger partial charge in [0.2, 0.25) is 5.65 Å². The van der Waals surface area contributed by atoms with E-state index in [1.54, 1.807) is 0 Å². The third kappa shape index (κ3) is 2.98. The highest BCUT2D eigenvalue weighted by Crippen LogP contribution is 2.45. The van der Waals surface area contributed by atoms with E-state index >= 15 is 0 Å². The second-order valence-electron chi connectivity index (χ2n) is 8.40. The molecule has 4 aromatic rings. The summed E-state index contributed by atoms with van der Waals surface area (Å²) < 4.78 is 1.97. The molecule has 0 radical (unpaired) electrons. The number of nitrogens with two attached hydrogens (primary N) is 2. The Hall–Kier alpha value is -3.46. The van der Waals surface area contributed by atoms with Crippen molar-refractivity contribution in [2.75, 3.05) is 23.7 Å². The Morgan fingerprint density at radius 3 is 2.83 bits per heavy atom. The second kappa shape index (κ2) is 6.53. The molecule has 4 heterocycles. The highest BCUT2D eigenvalue weighted by Gasteiger charge is 2.53. The van der Waals surface area contributed by atoms with Gasteiger partial charge in [-0.1, -0.05) is 12.1 Å². The zero-order valence-electron chi connectivity index (χ0n) is 16.4. The van der Waals surface area contributed by atoms with E-state index in [-0.39, 0.29) is 0 Å². The topological polar surface area (TPSA) is 128 Å². The average molecular weight is 401 g/mol. The fourth-order valence-electron chi connectivity index (χ4n) is 4.68. The summed E-state index contributed by atoms with van der Waals surface area (Å²) >= 11 is 0. The van der Waals surface area contributed by atoms with Crippen LogP contribution in [0.25, 0.3) is 11.2 Å². The van der Waals surface area contributed by atoms with E-state index in [4.69, 9.17) is 11.5 Å². The largest absolute Gasteiger partial charge is 0.384 e. The zero-order chi connectivity index (χ0) is 20.2. The predicted octanol–water partition coefficient (Wildman–Crippen LogP) is 1.16. The Balaban J connectivity index is 1.18. The van der Waals surface area contributed by atoms with Crippen LogP contribution in [-0.4, -0.2) is 49.3 Å². The van der Waals surface area contributed by atoms with Crippen LogP contribution < -0.4 is 16.4 Å². The maximum Gasteiger partial charge on any atom is 0.203 e. The molecule has 9 heteroatoms. The molecule has 2 aliphatic rings. The van der Waals surface area contributed by atoms with Crippen LogP contribution in [0.3, 0.4) is 0 Å². The van der Waals surface area contributed by atoms with Crippen molar-refractivity contribution in [1.29, 1.82) is 0 Å². The fourth-order valence-corrected chi connectivity index (χ4v) is 4.68. The van der Waals surface area contributed by atoms with Crippen LogP contribution in [0.5, 0.6) is 0 Å². The van der Waals surface area contributed by atoms with Crippen molar-refractivity contribution in [3.63, 3.8) is 0 Å². The van der Waals surface area contributed by atoms with Crippen LogP contribution in [0.1, 0.15) is 16.7 Å². The number of benzene rings is 1. The molecule has 1 saturated heterocycles. The second-order valence-corrected chi connectivity index (χ2v) is 8.40. The van der Waals surface area contributed by atoms with Crippen molar-refractivity contribution in [1.82, 2.24) is 30.2 Å². The molecule has 3 aromatic heterocycles. The summed E-state index contributed by atoms with van der Waals surface area (Å²) in [5, 5.41) is 15.4. The van der Waals surface area contributed by atoms with Gasteiger partial charge in [-0.3, -0.25) is 4.68 Å². The number of nitrogens with one attached hydrogen (secondary N) is 1. The number of rotatable bonds is 5. The monoisotopic (exact) mass is 401 g/mol. The molecule has 1 aromatic carbocycles. The van der Waals surface area contributed by atoms with Gasteiger partial charge in [-0.25, -0.2) is 4.98 Å². The molecule has 6 rings (SSSR count). The Morgan fingerprint density at radius 2 is 1.97 bits per heavy atom. The van der Waals surface area contributed by atoms with Crippen LogP contribution >= 0.6 is 0 Å². The lowest BCUT2D eigenvalue weighted by Crippen LogP contribution is -2.27. The van der Waals surface area contributed by atoms with Crippen molar-refractivity contribution in [3.8, 4) is 0 Å². The maximum atomic E-state index is 6.08. The van der Waals surface area contributed by atoms with E-state index in [0.717, 1.165) is 36.3 Å². The molecule has 3 atom stereocenters. The van der Waals surface area contributed by atoms with Crippen LogP contribution in [0.2, 0.25) is 0 Å². The maximum absolute atomic E-state index is 6.08. The molecule has 5 N–H and O–H groups in total. The Bertz CT molecular complexity index is 1210. The standard InChI is InChI=1S/C21H23N9/c22-18-6-14(20-21(25-18)27-28-26-20)4-13-7-24-30(9-13)8-12-2-1-3-15(5-12)29-10-16-17(11-29)19(16)23/h1-3,5-7,9,16-17,19H,4,8,10-11,23H2,(H3,22,25,26,27,28)/t16-,17+,19?. The Labute approximate surface area is 173 Å². The number of nitrogens with zero attached hydrogens (tertiary/aromatic N) is 6. The quantitative estimate of drug-likeness (QED) is 0.458. The van der Waals surface area contributed by atoms with Gasteiger partial charge in [0.15, 0.2) is 0 Å². The third-order valence-corrected chi connectivity index (χ3v) is 6.35. The SMILES string of the molecule is Nc1cc(Cc2cnn(Cc3cccc(N4C[C@@H]5C(N)[C@@H]5C4)c3)c2)c2n[nH]nc2n1. The normalized spacial score (nSPS) is 22.6. The Kier molecular flexibility index (Phi) is 3.79. The summed E-state index contributed by atoms with van der Waals surface area (Å²) in [7, 11) is 0. The molecule has 152 valence electrons. The Morgan fingerprint density at radius 1 is 1.10 bits per heavy atom. The highest BCUT2D eigenvalue weighted by atomic mass is 15.3. The van der Waals surface area contributed by atoms with Crippen molar-refractivity contribution < 1.29 is 0 Å². The van der Waals surface area contributed by atoms with Gasteiger partial charge in [0, 0.05) is 37.4 Å². The summed E-state index contributed by atoms with van der Waals surface area (Å²) in [5.41, 5.74) is 17.9. The number of nitrogen functional groups attached to an aromatic ring is 1. The molecule has 2 fully saturated rings. The minimum absolute atomic E-state index is 0.418. The van der Waals surface area contributed by atoms with Crippen molar-refractivity contribution in [2.24, 2.45) is 17.6 Å². The number of pyridine rings is 1. The molecule has 30 heavy (non-hydrogen) atoms. The third-order valence-electron chi connectivity index (χ3n) is 6.35. The fraction of sp³-hybridized carbons (Fsp3) is 0.333. The van der Waals surface area contributed by atoms with Gasteiger partial charge in [-0.15, -0.1) is 5.10 Å². The molecule has 0 spiro atoms. The van der Waals surface area contributed by atoms with E-state index in [1.807, 2.05) is 16.9 Å². The first kappa shape index (κ1) is 17.4. The smallest absolute Gasteiger partial charge is 0.203 e. The minimum atomic E-state index is 0.418. The summed E-state index contributed by atoms with van der Waals surface area (Å²) in [6, 6.07) is 11.0. The molecule has 0 amide bonds. The van der Waals surface area contributed by atoms with Gasteiger partial charge in [0.05, 0.1) is 12.7 Å². The molecule has 1 aliphatic carbocycles. The van der Waals surface area contributed by atoms with Gasteiger partial charge >= 0.3 is 0 Å². The van der Waals surface area contributed by atoms with Crippen LogP contribution in [0, 0.1) is 11.8 Å². The van der Waals surface area contributed by atoms with E-state index in [1.165, 1.54) is 11.3 Å². The van der Waals surface area contributed by atoms with E-state index in [0.29, 0.717) is 35.8 Å². The van der Waals surface area contributed by atoms with Crippen molar-refractivity contribution in [3.05, 3.63) is 59.4 Å². The van der Waals surface area contributed by atoms with Crippen molar-refractivity contribution >= 4 is 22.7 Å². The number of piperidine rings is 1. The zero-order valence-corrected chi connectivity index (χ0v) is 16.4. The predicted molar refractivity (Wildman–Crippen MR) is 114 cm³/mol. The molecule has 1 aliphatic heterocycles. The average Bonchev–Trinajstić information content (AvgIpc) is 3.25. The summed E-state index contributed by atoms with van der Waals surface area (Å²) in [5.74, 6) is 1.80. The van der Waals surface area contributed by atoms with Gasteiger partial charge in [0.25, 0.3) is 0 Å². The lowest BCUT2D eigenvalue weighted by molar-refractivity contribution is 0.685. The summed E-state index contributed by atoms with van der Waals surface area (Å²) in [4.78, 5) is 6.64. The number of hydrogen-bond acceptors (Lipinski definition) is 7. The summed E-state index contributed by atoms with van der Waals surface area (Å²) in [6.45, 7) is 2.88. The molecule has 9 nitrogen and oxygen atoms in total. The van der Waals surface area contributed by atoms with Crippen LogP contribution in [-0.2, 0) is 13.0 Å². The molecule has 0 bridgehead atoms. The number of anilines is 2. The first-order valence-corrected chi connectivity index (χ1v) is 10.2. The van der Waals surface area contributed by atoms with Gasteiger partial charge in [0.1, 0.15) is 11.3 Å². The minimum Gasteiger partial charge on any atom is -0.384 e. The molecule has 1 saturated carbocycles. The molecular weight excluding hydrogens is 378 g/mol. The van der Waals surface area contributed by atoms with E-state index in [2.05, 4.69) is 60.9 Å². The number of hydrogen-bond donors (Lipinski definition) is 3. The first-order valence-electron chi connectivity index (χ1n) is 10.2. The lowest BCUT2D eigenvalue weighted by atomic mass is 10.1. The van der Waals surface area contributed by atoms with Gasteiger partial charge < -0.3 is 16.4 Å². The molecule has 1 unspecified atom stereocenters. The van der Waals surface area contributed by atoms with Gasteiger partial charge in [-0.05, 0) is 46.7 Å². The number of fused-ring (bicyclic) bond motifs is 2. The first-order chi connectivity index (χ1) is 14.6. The van der Waals surface area contributed by atoms with E-state index < -0.39 is 0 Å². The summed E-state index contributed by atoms with van der Waals surface area (Å²) in [6.07, 6.45) is 4.63. The van der Waals surface area contributed by atoms with Crippen LogP contribution in [0.15, 0.2) is 42.7 Å². The number of aromatic amines is 1. The molecular formula is C21H23N9. The van der Waals surface area contributed by atoms with E-state index in [9.17, 15) is 0 Å². The number of aromatic nitrogens is 6. The number of H-pyrrole nitrogens is 1. The highest BCUT2D eigenvalue weighted by molar-refractivity contribution is 5.76.